The van der Waals surface area contributed by atoms with Crippen molar-refractivity contribution in [2.45, 2.75) is 33.1 Å². The van der Waals surface area contributed by atoms with Crippen molar-refractivity contribution in [3.63, 3.8) is 0 Å². The average Bonchev–Trinajstić information content (AvgIpc) is 2.54. The van der Waals surface area contributed by atoms with E-state index in [-0.39, 0.29) is 0 Å². The molecular formula is C19H23NO. The highest BCUT2D eigenvalue weighted by Crippen LogP contribution is 2.21. The number of benzene rings is 2. The fourth-order valence-corrected chi connectivity index (χ4v) is 2.12. The van der Waals surface area contributed by atoms with Gasteiger partial charge in [0.2, 0.25) is 0 Å². The third kappa shape index (κ3) is 4.45. The van der Waals surface area contributed by atoms with Crippen molar-refractivity contribution in [2.24, 2.45) is 4.99 Å². The molecule has 0 N–H and O–H groups in total. The lowest BCUT2D eigenvalue weighted by Crippen LogP contribution is -1.99. The molecule has 2 aromatic carbocycles. The van der Waals surface area contributed by atoms with Gasteiger partial charge in [-0.2, -0.15) is 0 Å². The van der Waals surface area contributed by atoms with E-state index in [0.717, 1.165) is 42.9 Å². The summed E-state index contributed by atoms with van der Waals surface area (Å²) in [6.45, 7) is 5.07. The lowest BCUT2D eigenvalue weighted by Gasteiger charge is -2.08. The molecule has 0 saturated heterocycles. The Bertz CT molecular complexity index is 590. The molecule has 0 amide bonds. The first-order valence-corrected chi connectivity index (χ1v) is 7.69. The van der Waals surface area contributed by atoms with Crippen LogP contribution in [0.1, 0.15) is 37.8 Å². The van der Waals surface area contributed by atoms with Crippen molar-refractivity contribution >= 4 is 11.9 Å². The number of hydrogen-bond donors (Lipinski definition) is 0. The molecule has 0 bridgehead atoms. The van der Waals surface area contributed by atoms with E-state index in [1.54, 1.807) is 0 Å². The van der Waals surface area contributed by atoms with Crippen LogP contribution in [0, 0.1) is 0 Å². The maximum absolute atomic E-state index is 5.83. The van der Waals surface area contributed by atoms with Crippen LogP contribution in [0.4, 0.5) is 5.69 Å². The van der Waals surface area contributed by atoms with Gasteiger partial charge in [0.1, 0.15) is 5.75 Å². The third-order valence-electron chi connectivity index (χ3n) is 3.39. The maximum atomic E-state index is 5.83. The molecule has 2 rings (SSSR count). The van der Waals surface area contributed by atoms with Crippen molar-refractivity contribution in [1.82, 2.24) is 0 Å². The summed E-state index contributed by atoms with van der Waals surface area (Å²) in [5, 5.41) is 0. The van der Waals surface area contributed by atoms with Crippen LogP contribution >= 0.6 is 0 Å². The maximum Gasteiger partial charge on any atom is 0.128 e. The van der Waals surface area contributed by atoms with Gasteiger partial charge in [0.15, 0.2) is 0 Å². The van der Waals surface area contributed by atoms with Crippen molar-refractivity contribution in [3.05, 3.63) is 59.7 Å². The van der Waals surface area contributed by atoms with Gasteiger partial charge in [-0.15, -0.1) is 0 Å². The predicted molar refractivity (Wildman–Crippen MR) is 89.9 cm³/mol. The van der Waals surface area contributed by atoms with Crippen LogP contribution in [-0.4, -0.2) is 12.8 Å². The molecule has 0 unspecified atom stereocenters. The SMILES string of the molecule is CCCCOc1ccccc1C=Nc1ccccc1CC. The molecule has 0 spiro atoms. The fraction of sp³-hybridized carbons (Fsp3) is 0.316. The summed E-state index contributed by atoms with van der Waals surface area (Å²) in [6.07, 6.45) is 5.10. The third-order valence-corrected chi connectivity index (χ3v) is 3.39. The summed E-state index contributed by atoms with van der Waals surface area (Å²) >= 11 is 0. The van der Waals surface area contributed by atoms with Gasteiger partial charge >= 0.3 is 0 Å². The van der Waals surface area contributed by atoms with Crippen molar-refractivity contribution in [1.29, 1.82) is 0 Å². The standard InChI is InChI=1S/C19H23NO/c1-3-5-14-21-19-13-9-7-11-17(19)15-20-18-12-8-6-10-16(18)4-2/h6-13,15H,3-5,14H2,1-2H3. The number of hydrogen-bond acceptors (Lipinski definition) is 2. The molecule has 0 saturated carbocycles. The van der Waals surface area contributed by atoms with E-state index < -0.39 is 0 Å². The molecule has 2 heteroatoms. The highest BCUT2D eigenvalue weighted by molar-refractivity contribution is 5.85. The zero-order chi connectivity index (χ0) is 14.9. The average molecular weight is 281 g/mol. The predicted octanol–water partition coefficient (Wildman–Crippen LogP) is 5.18. The van der Waals surface area contributed by atoms with Gasteiger partial charge in [-0.05, 0) is 36.6 Å². The van der Waals surface area contributed by atoms with E-state index in [1.807, 2.05) is 36.5 Å². The largest absolute Gasteiger partial charge is 0.493 e. The van der Waals surface area contributed by atoms with E-state index in [2.05, 4.69) is 37.0 Å². The van der Waals surface area contributed by atoms with Crippen molar-refractivity contribution < 1.29 is 4.74 Å². The zero-order valence-electron chi connectivity index (χ0n) is 12.9. The Kier molecular flexibility index (Phi) is 6.01. The molecule has 0 heterocycles. The normalized spacial score (nSPS) is 11.0. The molecule has 0 atom stereocenters. The molecular weight excluding hydrogens is 258 g/mol. The smallest absolute Gasteiger partial charge is 0.128 e. The minimum atomic E-state index is 0.757. The van der Waals surface area contributed by atoms with Crippen LogP contribution in [-0.2, 0) is 6.42 Å². The Hall–Kier alpha value is -2.09. The fourth-order valence-electron chi connectivity index (χ4n) is 2.12. The van der Waals surface area contributed by atoms with E-state index in [1.165, 1.54) is 5.56 Å². The van der Waals surface area contributed by atoms with Crippen molar-refractivity contribution in [3.8, 4) is 5.75 Å². The van der Waals surface area contributed by atoms with Crippen LogP contribution < -0.4 is 4.74 Å². The van der Waals surface area contributed by atoms with E-state index >= 15 is 0 Å². The van der Waals surface area contributed by atoms with E-state index in [0.29, 0.717) is 0 Å². The first-order valence-electron chi connectivity index (χ1n) is 7.69. The van der Waals surface area contributed by atoms with E-state index in [4.69, 9.17) is 4.74 Å². The van der Waals surface area contributed by atoms with Crippen LogP contribution in [0.3, 0.4) is 0 Å². The lowest BCUT2D eigenvalue weighted by molar-refractivity contribution is 0.309. The molecule has 110 valence electrons. The van der Waals surface area contributed by atoms with Crippen LogP contribution in [0.15, 0.2) is 53.5 Å². The highest BCUT2D eigenvalue weighted by Gasteiger charge is 2.01. The number of aliphatic imine (C=N–C) groups is 1. The second-order valence-electron chi connectivity index (χ2n) is 4.98. The lowest BCUT2D eigenvalue weighted by atomic mass is 10.1. The zero-order valence-corrected chi connectivity index (χ0v) is 12.9. The highest BCUT2D eigenvalue weighted by atomic mass is 16.5. The number of rotatable bonds is 7. The van der Waals surface area contributed by atoms with Gasteiger partial charge in [-0.25, -0.2) is 0 Å². The summed E-state index contributed by atoms with van der Waals surface area (Å²) < 4.78 is 5.83. The van der Waals surface area contributed by atoms with Crippen LogP contribution in [0.5, 0.6) is 5.75 Å². The Morgan fingerprint density at radius 3 is 2.57 bits per heavy atom. The second-order valence-corrected chi connectivity index (χ2v) is 4.98. The second kappa shape index (κ2) is 8.25. The first-order chi connectivity index (χ1) is 10.3. The number of nitrogens with zero attached hydrogens (tertiary/aromatic N) is 1. The minimum Gasteiger partial charge on any atom is -0.493 e. The van der Waals surface area contributed by atoms with Gasteiger partial charge in [0, 0.05) is 11.8 Å². The van der Waals surface area contributed by atoms with Gasteiger partial charge in [-0.1, -0.05) is 50.6 Å². The number of unbranched alkanes of at least 4 members (excludes halogenated alkanes) is 1. The van der Waals surface area contributed by atoms with Gasteiger partial charge in [0.05, 0.1) is 12.3 Å². The topological polar surface area (TPSA) is 21.6 Å². The summed E-state index contributed by atoms with van der Waals surface area (Å²) in [6, 6.07) is 16.3. The Morgan fingerprint density at radius 2 is 1.76 bits per heavy atom. The molecule has 0 aliphatic heterocycles. The Balaban J connectivity index is 2.16. The van der Waals surface area contributed by atoms with E-state index in [9.17, 15) is 0 Å². The quantitative estimate of drug-likeness (QED) is 0.506. The summed E-state index contributed by atoms with van der Waals surface area (Å²) in [5.41, 5.74) is 3.32. The van der Waals surface area contributed by atoms with Crippen molar-refractivity contribution in [2.75, 3.05) is 6.61 Å². The molecule has 21 heavy (non-hydrogen) atoms. The molecule has 0 radical (unpaired) electrons. The first kappa shape index (κ1) is 15.3. The van der Waals surface area contributed by atoms with Gasteiger partial charge < -0.3 is 4.74 Å². The monoisotopic (exact) mass is 281 g/mol. The number of aryl methyl sites for hydroxylation is 1. The molecule has 2 aromatic rings. The molecule has 2 nitrogen and oxygen atoms in total. The Labute approximate surface area is 127 Å². The Morgan fingerprint density at radius 1 is 1.00 bits per heavy atom. The molecule has 0 aliphatic carbocycles. The minimum absolute atomic E-state index is 0.757. The molecule has 0 aromatic heterocycles. The molecule has 0 fully saturated rings. The number of ether oxygens (including phenoxy) is 1. The van der Waals surface area contributed by atoms with Crippen LogP contribution in [0.2, 0.25) is 0 Å². The van der Waals surface area contributed by atoms with Gasteiger partial charge in [-0.3, -0.25) is 4.99 Å². The summed E-state index contributed by atoms with van der Waals surface area (Å²) in [7, 11) is 0. The number of para-hydroxylation sites is 2. The van der Waals surface area contributed by atoms with Gasteiger partial charge in [0.25, 0.3) is 0 Å². The van der Waals surface area contributed by atoms with Crippen LogP contribution in [0.25, 0.3) is 0 Å². The summed E-state index contributed by atoms with van der Waals surface area (Å²) in [4.78, 5) is 4.63. The summed E-state index contributed by atoms with van der Waals surface area (Å²) in [5.74, 6) is 0.906. The molecule has 0 aliphatic rings.